The summed E-state index contributed by atoms with van der Waals surface area (Å²) < 4.78 is 0. The molecule has 51 heavy (non-hydrogen) atoms. The van der Waals surface area contributed by atoms with Crippen LogP contribution in [0.15, 0.2) is 0 Å². The summed E-state index contributed by atoms with van der Waals surface area (Å²) in [6, 6.07) is 0. The number of hydrogen-bond donors (Lipinski definition) is 5. The fourth-order valence-corrected chi connectivity index (χ4v) is 3.03. The number of primary amides is 1. The number of nitrogens with one attached hydrogen (secondary N) is 4. The first-order valence-electron chi connectivity index (χ1n) is 15.9. The van der Waals surface area contributed by atoms with E-state index in [1.807, 2.05) is 20.8 Å². The third-order valence-electron chi connectivity index (χ3n) is 6.66. The van der Waals surface area contributed by atoms with Crippen LogP contribution in [0.3, 0.4) is 0 Å². The number of likely N-dealkylation sites (N-methyl/N-ethyl adjacent to an activating group) is 7. The van der Waals surface area contributed by atoms with Crippen molar-refractivity contribution in [3.8, 4) is 0 Å². The van der Waals surface area contributed by atoms with Gasteiger partial charge in [-0.1, -0.05) is 6.92 Å². The van der Waals surface area contributed by atoms with E-state index in [2.05, 4.69) is 27.0 Å². The summed E-state index contributed by atoms with van der Waals surface area (Å²) in [6.45, 7) is 6.72. The number of nitrogens with two attached hydrogens (primary N) is 1. The van der Waals surface area contributed by atoms with Crippen molar-refractivity contribution in [1.29, 1.82) is 0 Å². The summed E-state index contributed by atoms with van der Waals surface area (Å²) >= 11 is 0. The predicted molar refractivity (Wildman–Crippen MR) is 186 cm³/mol. The molecule has 0 spiro atoms. The molecule has 0 saturated heterocycles. The molecule has 0 rings (SSSR count). The van der Waals surface area contributed by atoms with E-state index in [4.69, 9.17) is 0 Å². The second kappa shape index (κ2) is 29.6. The summed E-state index contributed by atoms with van der Waals surface area (Å²) in [5.74, 6) is -2.80. The van der Waals surface area contributed by atoms with Gasteiger partial charge < -0.3 is 56.4 Å². The Morgan fingerprint density at radius 3 is 1.20 bits per heavy atom. The lowest BCUT2D eigenvalue weighted by Crippen LogP contribution is -2.47. The Morgan fingerprint density at radius 1 is 0.490 bits per heavy atom. The summed E-state index contributed by atoms with van der Waals surface area (Å²) in [7, 11) is 9.23. The van der Waals surface area contributed by atoms with E-state index >= 15 is 0 Å². The maximum Gasteiger partial charge on any atom is 0.242 e. The topological polar surface area (TPSA) is 264 Å². The largest absolute Gasteiger partial charge is 0.368 e. The third kappa shape index (κ3) is 26.2. The zero-order valence-electron chi connectivity index (χ0n) is 31.3. The number of carbonyl (C=O) groups excluding carboxylic acids is 10. The van der Waals surface area contributed by atoms with Crippen molar-refractivity contribution in [2.24, 2.45) is 5.73 Å². The minimum absolute atomic E-state index is 0.0372. The molecule has 0 atom stereocenters. The monoisotopic (exact) mass is 731 g/mol. The first-order valence-corrected chi connectivity index (χ1v) is 15.9. The van der Waals surface area contributed by atoms with Gasteiger partial charge in [-0.05, 0) is 20.4 Å². The van der Waals surface area contributed by atoms with Crippen LogP contribution in [0.5, 0.6) is 0 Å². The summed E-state index contributed by atoms with van der Waals surface area (Å²) in [5.41, 5.74) is 4.62. The van der Waals surface area contributed by atoms with Crippen LogP contribution in [0.2, 0.25) is 0 Å². The van der Waals surface area contributed by atoms with Gasteiger partial charge in [0.05, 0.1) is 52.4 Å². The molecule has 0 bridgehead atoms. The molecule has 10 amide bonds. The molecule has 0 saturated carbocycles. The number of rotatable bonds is 21. The maximum atomic E-state index is 12.1. The molecule has 0 heterocycles. The Morgan fingerprint density at radius 2 is 0.843 bits per heavy atom. The van der Waals surface area contributed by atoms with E-state index in [0.717, 1.165) is 16.3 Å². The van der Waals surface area contributed by atoms with Gasteiger partial charge in [0.2, 0.25) is 60.1 Å². The average Bonchev–Trinajstić information content (AvgIpc) is 3.09. The minimum atomic E-state index is -0.559. The highest BCUT2D eigenvalue weighted by molar-refractivity contribution is 5.91. The molecule has 21 heteroatoms. The van der Waals surface area contributed by atoms with Crippen molar-refractivity contribution >= 4 is 60.1 Å². The Hall–Kier alpha value is -5.34. The van der Waals surface area contributed by atoms with Gasteiger partial charge in [0.25, 0.3) is 0 Å². The lowest BCUT2D eigenvalue weighted by atomic mass is 10.4. The Bertz CT molecular complexity index is 1160. The normalized spacial score (nSPS) is 9.51. The summed E-state index contributed by atoms with van der Waals surface area (Å²) in [5, 5.41) is 9.61. The van der Waals surface area contributed by atoms with Crippen LogP contribution in [0.25, 0.3) is 0 Å². The first-order chi connectivity index (χ1) is 23.8. The second-order valence-electron chi connectivity index (χ2n) is 10.8. The zero-order valence-corrected chi connectivity index (χ0v) is 31.3. The van der Waals surface area contributed by atoms with E-state index in [9.17, 15) is 47.9 Å². The molecule has 0 aliphatic rings. The molecule has 0 aromatic heterocycles. The Kier molecular flexibility index (Phi) is 29.0. The van der Waals surface area contributed by atoms with Crippen molar-refractivity contribution in [3.05, 3.63) is 0 Å². The number of hydrogen-bond acceptors (Lipinski definition) is 11. The van der Waals surface area contributed by atoms with Gasteiger partial charge in [-0.25, -0.2) is 0 Å². The van der Waals surface area contributed by atoms with Gasteiger partial charge in [0, 0.05) is 55.4 Å². The smallest absolute Gasteiger partial charge is 0.242 e. The van der Waals surface area contributed by atoms with Crippen molar-refractivity contribution in [2.75, 3.05) is 114 Å². The summed E-state index contributed by atoms with van der Waals surface area (Å²) in [4.78, 5) is 120. The highest BCUT2D eigenvalue weighted by atomic mass is 16.2. The van der Waals surface area contributed by atoms with Crippen LogP contribution >= 0.6 is 0 Å². The minimum Gasteiger partial charge on any atom is -0.368 e. The van der Waals surface area contributed by atoms with E-state index in [-0.39, 0.29) is 70.1 Å². The Balaban J connectivity index is -0.000000863. The van der Waals surface area contributed by atoms with Gasteiger partial charge >= 0.3 is 0 Å². The van der Waals surface area contributed by atoms with E-state index in [1.165, 1.54) is 35.8 Å². The first kappa shape index (κ1) is 50.0. The van der Waals surface area contributed by atoms with E-state index in [0.29, 0.717) is 25.9 Å². The highest BCUT2D eigenvalue weighted by Crippen LogP contribution is 1.93. The van der Waals surface area contributed by atoms with E-state index in [1.54, 1.807) is 26.0 Å². The van der Waals surface area contributed by atoms with Crippen LogP contribution in [0.1, 0.15) is 20.8 Å². The molecule has 0 aliphatic heterocycles. The number of carbonyl (C=O) groups is 10. The van der Waals surface area contributed by atoms with E-state index < -0.39 is 29.5 Å². The van der Waals surface area contributed by atoms with Crippen LogP contribution in [0, 0.1) is 0 Å². The molecule has 21 nitrogen and oxygen atoms in total. The standard InChI is InChI=1S/C17H30N6O6.C10H21N3O2.C3H6N2O2/c1-6-20(2)16(28)10-23(5)15(27)8-19-13(25)9-21(3)17(29)11-22(4)14(26)7-18-12-24;1-5-11-7-9(14)13(4)8-10(15)12(3)6-2;4-3(7)1-5-2-6/h12H,6-11H2,1-5H3,(H,18,24)(H,19,25);11H,5-8H2,1-4H3;2H,1H2,(H2,4,7)(H,5,6). The van der Waals surface area contributed by atoms with Gasteiger partial charge in [0.1, 0.15) is 0 Å². The van der Waals surface area contributed by atoms with Crippen LogP contribution in [0.4, 0.5) is 0 Å². The van der Waals surface area contributed by atoms with Gasteiger partial charge in [-0.2, -0.15) is 0 Å². The summed E-state index contributed by atoms with van der Waals surface area (Å²) in [6.07, 6.45) is 0.797. The van der Waals surface area contributed by atoms with Crippen LogP contribution < -0.4 is 27.0 Å². The van der Waals surface area contributed by atoms with Crippen molar-refractivity contribution in [1.82, 2.24) is 50.7 Å². The lowest BCUT2D eigenvalue weighted by molar-refractivity contribution is -0.140. The molecule has 0 unspecified atom stereocenters. The second-order valence-corrected chi connectivity index (χ2v) is 10.8. The molecule has 292 valence electrons. The fourth-order valence-electron chi connectivity index (χ4n) is 3.03. The predicted octanol–water partition coefficient (Wildman–Crippen LogP) is -5.55. The highest BCUT2D eigenvalue weighted by Gasteiger charge is 2.20. The molecule has 6 N–H and O–H groups in total. The SMILES string of the molecule is CCN(C)C(=O)CN(C)C(=O)CNC(=O)CN(C)C(=O)CN(C)C(=O)CNC=O.CCNCC(=O)N(C)CC(=O)N(C)CC.NC(=O)CNC=O. The fraction of sp³-hybridized carbons (Fsp3) is 0.667. The van der Waals surface area contributed by atoms with Crippen molar-refractivity contribution < 1.29 is 47.9 Å². The molecule has 0 fully saturated rings. The Labute approximate surface area is 299 Å². The average molecular weight is 732 g/mol. The van der Waals surface area contributed by atoms with Gasteiger partial charge in [0.15, 0.2) is 0 Å². The van der Waals surface area contributed by atoms with Gasteiger partial charge in [-0.3, -0.25) is 47.9 Å². The van der Waals surface area contributed by atoms with Gasteiger partial charge in [-0.15, -0.1) is 0 Å². The molecule has 0 aromatic rings. The molecule has 0 radical (unpaired) electrons. The zero-order chi connectivity index (χ0) is 40.1. The number of nitrogens with zero attached hydrogens (tertiary/aromatic N) is 6. The maximum absolute atomic E-state index is 12.1. The lowest BCUT2D eigenvalue weighted by Gasteiger charge is -2.22. The van der Waals surface area contributed by atoms with Crippen LogP contribution in [-0.2, 0) is 47.9 Å². The van der Waals surface area contributed by atoms with Crippen LogP contribution in [-0.4, -0.2) is 204 Å². The molecular formula is C30H57N11O10. The quantitative estimate of drug-likeness (QED) is 0.0695. The molecule has 0 aromatic carbocycles. The number of amides is 10. The molecular weight excluding hydrogens is 674 g/mol. The van der Waals surface area contributed by atoms with Crippen molar-refractivity contribution in [3.63, 3.8) is 0 Å². The van der Waals surface area contributed by atoms with Crippen molar-refractivity contribution in [2.45, 2.75) is 20.8 Å². The third-order valence-corrected chi connectivity index (χ3v) is 6.66. The molecule has 0 aliphatic carbocycles.